The molecule has 2 aliphatic rings. The highest BCUT2D eigenvalue weighted by Gasteiger charge is 2.49. The van der Waals surface area contributed by atoms with E-state index < -0.39 is 0 Å². The van der Waals surface area contributed by atoms with E-state index in [1.807, 2.05) is 42.1 Å². The Bertz CT molecular complexity index is 746. The molecule has 1 amide bonds. The number of halogens is 2. The number of nitrogens with one attached hydrogen (secondary N) is 1. The number of fused-ring (bicyclic) bond motifs is 2. The van der Waals surface area contributed by atoms with E-state index >= 15 is 0 Å². The molecular weight excluding hydrogens is 359 g/mol. The summed E-state index contributed by atoms with van der Waals surface area (Å²) in [5.74, 6) is 1.92. The highest BCUT2D eigenvalue weighted by Crippen LogP contribution is 2.47. The topological polar surface area (TPSA) is 72.9 Å². The lowest BCUT2D eigenvalue weighted by atomic mass is 9.84. The maximum absolute atomic E-state index is 12.7. The minimum Gasteiger partial charge on any atom is -0.334 e. The highest BCUT2D eigenvalue weighted by molar-refractivity contribution is 5.94. The van der Waals surface area contributed by atoms with E-state index in [1.54, 1.807) is 6.20 Å². The van der Waals surface area contributed by atoms with Crippen molar-refractivity contribution in [3.8, 4) is 11.4 Å². The molecule has 2 bridgehead atoms. The Morgan fingerprint density at radius 1 is 1.28 bits per heavy atom. The average molecular weight is 383 g/mol. The number of aryl methyl sites for hydroxylation is 1. The summed E-state index contributed by atoms with van der Waals surface area (Å²) in [4.78, 5) is 17.0. The summed E-state index contributed by atoms with van der Waals surface area (Å²) in [6, 6.07) is 7.86. The molecule has 2 aromatic rings. The minimum absolute atomic E-state index is 0. The summed E-state index contributed by atoms with van der Waals surface area (Å²) < 4.78 is 1.97. The van der Waals surface area contributed by atoms with Gasteiger partial charge < -0.3 is 15.6 Å². The number of nitrogens with two attached hydrogens (primary N) is 1. The van der Waals surface area contributed by atoms with Gasteiger partial charge in [0.2, 0.25) is 5.91 Å². The second-order valence-electron chi connectivity index (χ2n) is 6.87. The number of hydrogen-bond acceptors (Lipinski definition) is 3. The fourth-order valence-electron chi connectivity index (χ4n) is 4.33. The van der Waals surface area contributed by atoms with E-state index in [-0.39, 0.29) is 42.7 Å². The van der Waals surface area contributed by atoms with Crippen molar-refractivity contribution >= 4 is 36.4 Å². The number of rotatable bonds is 3. The zero-order valence-electron chi connectivity index (χ0n) is 14.1. The number of anilines is 1. The lowest BCUT2D eigenvalue weighted by Gasteiger charge is -2.27. The summed E-state index contributed by atoms with van der Waals surface area (Å²) in [5.41, 5.74) is 8.08. The van der Waals surface area contributed by atoms with Gasteiger partial charge in [-0.2, -0.15) is 0 Å². The Kier molecular flexibility index (Phi) is 6.14. The van der Waals surface area contributed by atoms with Gasteiger partial charge in [0.15, 0.2) is 0 Å². The summed E-state index contributed by atoms with van der Waals surface area (Å²) in [7, 11) is 1.96. The molecule has 2 fully saturated rings. The first-order valence-corrected chi connectivity index (χ1v) is 8.27. The molecule has 136 valence electrons. The van der Waals surface area contributed by atoms with Gasteiger partial charge in [0, 0.05) is 36.7 Å². The molecule has 1 heterocycles. The van der Waals surface area contributed by atoms with E-state index in [0.717, 1.165) is 29.9 Å². The predicted molar refractivity (Wildman–Crippen MR) is 104 cm³/mol. The molecule has 5 nitrogen and oxygen atoms in total. The first kappa shape index (κ1) is 19.8. The molecule has 3 N–H and O–H groups in total. The van der Waals surface area contributed by atoms with Gasteiger partial charge in [-0.15, -0.1) is 24.8 Å². The van der Waals surface area contributed by atoms with Crippen LogP contribution in [0.15, 0.2) is 36.7 Å². The number of imidazole rings is 1. The molecule has 25 heavy (non-hydrogen) atoms. The van der Waals surface area contributed by atoms with Crippen LogP contribution in [-0.2, 0) is 11.8 Å². The summed E-state index contributed by atoms with van der Waals surface area (Å²) in [6.45, 7) is 0. The summed E-state index contributed by atoms with van der Waals surface area (Å²) >= 11 is 0. The van der Waals surface area contributed by atoms with E-state index in [0.29, 0.717) is 11.8 Å². The third-order valence-corrected chi connectivity index (χ3v) is 5.49. The van der Waals surface area contributed by atoms with Crippen LogP contribution in [0.5, 0.6) is 0 Å². The fraction of sp³-hybridized carbons (Fsp3) is 0.444. The molecule has 4 atom stereocenters. The van der Waals surface area contributed by atoms with Gasteiger partial charge in [-0.1, -0.05) is 12.1 Å². The molecule has 0 aliphatic heterocycles. The van der Waals surface area contributed by atoms with Crippen LogP contribution < -0.4 is 11.1 Å². The number of hydrogen-bond donors (Lipinski definition) is 2. The van der Waals surface area contributed by atoms with Crippen molar-refractivity contribution in [2.45, 2.75) is 25.3 Å². The zero-order valence-corrected chi connectivity index (χ0v) is 15.7. The van der Waals surface area contributed by atoms with Crippen molar-refractivity contribution < 1.29 is 4.79 Å². The maximum atomic E-state index is 12.7. The lowest BCUT2D eigenvalue weighted by molar-refractivity contribution is -0.121. The molecule has 2 aliphatic carbocycles. The van der Waals surface area contributed by atoms with Gasteiger partial charge in [-0.25, -0.2) is 4.98 Å². The van der Waals surface area contributed by atoms with Crippen LogP contribution in [0.2, 0.25) is 0 Å². The number of nitrogens with zero attached hydrogens (tertiary/aromatic N) is 2. The molecule has 7 heteroatoms. The van der Waals surface area contributed by atoms with Crippen molar-refractivity contribution in [3.05, 3.63) is 36.7 Å². The van der Waals surface area contributed by atoms with Gasteiger partial charge >= 0.3 is 0 Å². The first-order chi connectivity index (χ1) is 11.1. The van der Waals surface area contributed by atoms with E-state index in [9.17, 15) is 4.79 Å². The molecule has 0 saturated heterocycles. The third kappa shape index (κ3) is 3.54. The SMILES string of the molecule is Cl.Cl.Cn1ccnc1-c1cccc(NC(=O)C2C3CCC(C3)C2N)c1. The first-order valence-electron chi connectivity index (χ1n) is 8.27. The Morgan fingerprint density at radius 3 is 2.68 bits per heavy atom. The number of carbonyl (C=O) groups excluding carboxylic acids is 1. The van der Waals surface area contributed by atoms with Crippen molar-refractivity contribution in [2.75, 3.05) is 5.32 Å². The molecule has 4 rings (SSSR count). The normalized spacial score (nSPS) is 26.6. The Balaban J connectivity index is 0.00000113. The molecular formula is C18H24Cl2N4O. The summed E-state index contributed by atoms with van der Waals surface area (Å²) in [5, 5.41) is 3.06. The zero-order chi connectivity index (χ0) is 16.0. The van der Waals surface area contributed by atoms with Crippen LogP contribution in [0.1, 0.15) is 19.3 Å². The van der Waals surface area contributed by atoms with Crippen molar-refractivity contribution in [3.63, 3.8) is 0 Å². The average Bonchev–Trinajstić information content (AvgIpc) is 3.23. The smallest absolute Gasteiger partial charge is 0.229 e. The van der Waals surface area contributed by atoms with Gasteiger partial charge in [0.25, 0.3) is 0 Å². The number of carbonyl (C=O) groups is 1. The second kappa shape index (κ2) is 7.77. The number of benzene rings is 1. The van der Waals surface area contributed by atoms with Crippen molar-refractivity contribution in [1.82, 2.24) is 9.55 Å². The maximum Gasteiger partial charge on any atom is 0.229 e. The van der Waals surface area contributed by atoms with Crippen molar-refractivity contribution in [2.24, 2.45) is 30.5 Å². The Hall–Kier alpha value is -1.56. The summed E-state index contributed by atoms with van der Waals surface area (Å²) in [6.07, 6.45) is 7.13. The standard InChI is InChI=1S/C18H22N4O.2ClH/c1-22-8-7-20-17(22)13-3-2-4-14(10-13)21-18(23)15-11-5-6-12(9-11)16(15)19;;/h2-4,7-8,10-12,15-16H,5-6,9,19H2,1H3,(H,21,23);2*1H. The van der Waals surface area contributed by atoms with Crippen molar-refractivity contribution in [1.29, 1.82) is 0 Å². The van der Waals surface area contributed by atoms with E-state index in [4.69, 9.17) is 5.73 Å². The van der Waals surface area contributed by atoms with Crippen LogP contribution in [0.25, 0.3) is 11.4 Å². The molecule has 0 spiro atoms. The third-order valence-electron chi connectivity index (χ3n) is 5.49. The second-order valence-corrected chi connectivity index (χ2v) is 6.87. The number of amides is 1. The monoisotopic (exact) mass is 382 g/mol. The van der Waals surface area contributed by atoms with Gasteiger partial charge in [-0.05, 0) is 43.2 Å². The fourth-order valence-corrected chi connectivity index (χ4v) is 4.33. The van der Waals surface area contributed by atoms with Gasteiger partial charge in [0.1, 0.15) is 5.82 Å². The largest absolute Gasteiger partial charge is 0.334 e. The molecule has 2 saturated carbocycles. The predicted octanol–water partition coefficient (Wildman–Crippen LogP) is 3.24. The lowest BCUT2D eigenvalue weighted by Crippen LogP contribution is -2.42. The molecule has 1 aromatic carbocycles. The quantitative estimate of drug-likeness (QED) is 0.855. The Morgan fingerprint density at radius 2 is 2.04 bits per heavy atom. The van der Waals surface area contributed by atoms with Crippen LogP contribution in [0, 0.1) is 17.8 Å². The van der Waals surface area contributed by atoms with E-state index in [2.05, 4.69) is 10.3 Å². The van der Waals surface area contributed by atoms with Gasteiger partial charge in [0.05, 0.1) is 5.92 Å². The number of aromatic nitrogens is 2. The van der Waals surface area contributed by atoms with Crippen LogP contribution >= 0.6 is 24.8 Å². The van der Waals surface area contributed by atoms with E-state index in [1.165, 1.54) is 6.42 Å². The van der Waals surface area contributed by atoms with Crippen LogP contribution in [-0.4, -0.2) is 21.5 Å². The molecule has 4 unspecified atom stereocenters. The van der Waals surface area contributed by atoms with Crippen LogP contribution in [0.4, 0.5) is 5.69 Å². The molecule has 1 aromatic heterocycles. The Labute approximate surface area is 160 Å². The van der Waals surface area contributed by atoms with Gasteiger partial charge in [-0.3, -0.25) is 4.79 Å². The van der Waals surface area contributed by atoms with Crippen LogP contribution in [0.3, 0.4) is 0 Å². The highest BCUT2D eigenvalue weighted by atomic mass is 35.5. The minimum atomic E-state index is -0.0365. The molecule has 0 radical (unpaired) electrons.